The van der Waals surface area contributed by atoms with Crippen LogP contribution in [-0.4, -0.2) is 22.9 Å². The predicted molar refractivity (Wildman–Crippen MR) is 75.0 cm³/mol. The van der Waals surface area contributed by atoms with Crippen molar-refractivity contribution in [3.05, 3.63) is 53.9 Å². The van der Waals surface area contributed by atoms with Crippen LogP contribution in [0, 0.1) is 0 Å². The van der Waals surface area contributed by atoms with Gasteiger partial charge >= 0.3 is 0 Å². The highest BCUT2D eigenvalue weighted by molar-refractivity contribution is 6.26. The molecule has 4 heteroatoms. The zero-order valence-electron chi connectivity index (χ0n) is 10.8. The topological polar surface area (TPSA) is 52.1 Å². The second kappa shape index (κ2) is 3.87. The van der Waals surface area contributed by atoms with E-state index in [-0.39, 0.29) is 5.78 Å². The smallest absolute Gasteiger partial charge is 0.225 e. The lowest BCUT2D eigenvalue weighted by Gasteiger charge is -2.09. The number of rotatable bonds is 1. The first-order valence-corrected chi connectivity index (χ1v) is 6.27. The average Bonchev–Trinajstić information content (AvgIpc) is 2.81. The van der Waals surface area contributed by atoms with Crippen LogP contribution in [0.1, 0.15) is 15.9 Å². The van der Waals surface area contributed by atoms with E-state index < -0.39 is 0 Å². The summed E-state index contributed by atoms with van der Waals surface area (Å²) in [4.78, 5) is 21.1. The van der Waals surface area contributed by atoms with Crippen LogP contribution < -0.4 is 4.74 Å². The maximum Gasteiger partial charge on any atom is 0.225 e. The number of hydrogen-bond acceptors (Lipinski definition) is 4. The molecule has 2 heterocycles. The quantitative estimate of drug-likeness (QED) is 0.529. The van der Waals surface area contributed by atoms with Gasteiger partial charge in [-0.15, -0.1) is 0 Å². The molecule has 20 heavy (non-hydrogen) atoms. The van der Waals surface area contributed by atoms with Crippen LogP contribution in [0.5, 0.6) is 5.88 Å². The lowest BCUT2D eigenvalue weighted by molar-refractivity contribution is 0.104. The molecule has 0 aliphatic heterocycles. The Morgan fingerprint density at radius 3 is 2.75 bits per heavy atom. The second-order valence-corrected chi connectivity index (χ2v) is 4.64. The Morgan fingerprint density at radius 1 is 1.05 bits per heavy atom. The monoisotopic (exact) mass is 262 g/mol. The van der Waals surface area contributed by atoms with Crippen molar-refractivity contribution < 1.29 is 9.53 Å². The van der Waals surface area contributed by atoms with E-state index in [1.165, 1.54) is 7.11 Å². The van der Waals surface area contributed by atoms with Gasteiger partial charge in [-0.3, -0.25) is 9.78 Å². The van der Waals surface area contributed by atoms with Crippen molar-refractivity contribution in [2.24, 2.45) is 0 Å². The number of benzene rings is 1. The van der Waals surface area contributed by atoms with Crippen LogP contribution in [0.4, 0.5) is 0 Å². The van der Waals surface area contributed by atoms with Crippen molar-refractivity contribution in [1.29, 1.82) is 0 Å². The van der Waals surface area contributed by atoms with Crippen LogP contribution >= 0.6 is 0 Å². The fraction of sp³-hybridized carbons (Fsp3) is 0.0625. The minimum Gasteiger partial charge on any atom is -0.480 e. The van der Waals surface area contributed by atoms with Gasteiger partial charge in [0, 0.05) is 34.5 Å². The van der Waals surface area contributed by atoms with Gasteiger partial charge in [-0.05, 0) is 12.1 Å². The fourth-order valence-electron chi connectivity index (χ4n) is 2.75. The standard InChI is InChI=1S/C16H10N2O2/c1-20-16-14-13(10-4-2-3-5-12(10)18-16)11-8-17-7-6-9(11)15(14)19/h2-8H,1H3. The van der Waals surface area contributed by atoms with Gasteiger partial charge in [0.15, 0.2) is 5.78 Å². The molecule has 0 radical (unpaired) electrons. The van der Waals surface area contributed by atoms with Crippen LogP contribution in [0.3, 0.4) is 0 Å². The molecule has 0 fully saturated rings. The van der Waals surface area contributed by atoms with E-state index in [0.717, 1.165) is 22.0 Å². The predicted octanol–water partition coefficient (Wildman–Crippen LogP) is 2.85. The number of carbonyl (C=O) groups is 1. The summed E-state index contributed by atoms with van der Waals surface area (Å²) in [6, 6.07) is 9.48. The molecule has 2 aromatic heterocycles. The Bertz CT molecular complexity index is 871. The summed E-state index contributed by atoms with van der Waals surface area (Å²) in [7, 11) is 1.53. The summed E-state index contributed by atoms with van der Waals surface area (Å²) in [5.74, 6) is 0.326. The molecule has 0 N–H and O–H groups in total. The highest BCUT2D eigenvalue weighted by Crippen LogP contribution is 2.43. The first kappa shape index (κ1) is 11.1. The highest BCUT2D eigenvalue weighted by Gasteiger charge is 2.32. The van der Waals surface area contributed by atoms with Gasteiger partial charge in [0.05, 0.1) is 18.2 Å². The summed E-state index contributed by atoms with van der Waals surface area (Å²) >= 11 is 0. The second-order valence-electron chi connectivity index (χ2n) is 4.64. The Kier molecular flexibility index (Phi) is 2.15. The van der Waals surface area contributed by atoms with Gasteiger partial charge in [-0.25, -0.2) is 4.98 Å². The zero-order chi connectivity index (χ0) is 13.7. The molecule has 0 amide bonds. The van der Waals surface area contributed by atoms with E-state index in [4.69, 9.17) is 4.74 Å². The van der Waals surface area contributed by atoms with E-state index in [1.807, 2.05) is 24.3 Å². The number of carbonyl (C=O) groups excluding carboxylic acids is 1. The van der Waals surface area contributed by atoms with Crippen molar-refractivity contribution in [1.82, 2.24) is 9.97 Å². The first-order chi connectivity index (χ1) is 9.81. The Balaban J connectivity index is 2.23. The van der Waals surface area contributed by atoms with Crippen LogP contribution in [0.15, 0.2) is 42.7 Å². The van der Waals surface area contributed by atoms with Crippen molar-refractivity contribution >= 4 is 16.7 Å². The number of methoxy groups -OCH3 is 1. The summed E-state index contributed by atoms with van der Waals surface area (Å²) < 4.78 is 5.31. The maximum absolute atomic E-state index is 12.6. The lowest BCUT2D eigenvalue weighted by Crippen LogP contribution is -2.01. The fourth-order valence-corrected chi connectivity index (χ4v) is 2.75. The van der Waals surface area contributed by atoms with E-state index in [0.29, 0.717) is 17.0 Å². The molecular weight excluding hydrogens is 252 g/mol. The molecular formula is C16H10N2O2. The number of fused-ring (bicyclic) bond motifs is 5. The molecule has 4 nitrogen and oxygen atoms in total. The van der Waals surface area contributed by atoms with Gasteiger partial charge in [-0.1, -0.05) is 18.2 Å². The van der Waals surface area contributed by atoms with E-state index in [2.05, 4.69) is 9.97 Å². The molecule has 0 saturated heterocycles. The Labute approximate surface area is 115 Å². The van der Waals surface area contributed by atoms with E-state index in [9.17, 15) is 4.79 Å². The third kappa shape index (κ3) is 1.28. The number of para-hydroxylation sites is 1. The van der Waals surface area contributed by atoms with Crippen LogP contribution in [-0.2, 0) is 0 Å². The lowest BCUT2D eigenvalue weighted by atomic mass is 10.0. The molecule has 1 aliphatic rings. The van der Waals surface area contributed by atoms with Crippen LogP contribution in [0.25, 0.3) is 22.0 Å². The summed E-state index contributed by atoms with van der Waals surface area (Å²) in [5, 5.41) is 0.948. The molecule has 0 saturated carbocycles. The summed E-state index contributed by atoms with van der Waals surface area (Å²) in [5.41, 5.74) is 3.73. The van der Waals surface area contributed by atoms with Gasteiger partial charge in [0.1, 0.15) is 0 Å². The van der Waals surface area contributed by atoms with Gasteiger partial charge in [0.25, 0.3) is 0 Å². The molecule has 1 aliphatic carbocycles. The number of aromatic nitrogens is 2. The van der Waals surface area contributed by atoms with Crippen molar-refractivity contribution in [3.63, 3.8) is 0 Å². The number of ether oxygens (including phenoxy) is 1. The van der Waals surface area contributed by atoms with Crippen molar-refractivity contribution in [2.45, 2.75) is 0 Å². The van der Waals surface area contributed by atoms with E-state index >= 15 is 0 Å². The number of ketones is 1. The maximum atomic E-state index is 12.6. The van der Waals surface area contributed by atoms with E-state index in [1.54, 1.807) is 18.5 Å². The van der Waals surface area contributed by atoms with Gasteiger partial charge < -0.3 is 4.74 Å². The number of hydrogen-bond donors (Lipinski definition) is 0. The largest absolute Gasteiger partial charge is 0.480 e. The Morgan fingerprint density at radius 2 is 1.90 bits per heavy atom. The van der Waals surface area contributed by atoms with Gasteiger partial charge in [-0.2, -0.15) is 0 Å². The third-order valence-electron chi connectivity index (χ3n) is 3.61. The number of nitrogens with zero attached hydrogens (tertiary/aromatic N) is 2. The Hall–Kier alpha value is -2.75. The van der Waals surface area contributed by atoms with Crippen molar-refractivity contribution in [2.75, 3.05) is 7.11 Å². The minimum atomic E-state index is -0.0486. The average molecular weight is 262 g/mol. The third-order valence-corrected chi connectivity index (χ3v) is 3.61. The molecule has 0 atom stereocenters. The SMILES string of the molecule is COc1nc2ccccc2c2c1C(=O)c1ccncc1-2. The van der Waals surface area contributed by atoms with Crippen LogP contribution in [0.2, 0.25) is 0 Å². The van der Waals surface area contributed by atoms with Crippen molar-refractivity contribution in [3.8, 4) is 17.0 Å². The normalized spacial score (nSPS) is 12.3. The molecule has 0 spiro atoms. The number of pyridine rings is 2. The molecule has 1 aromatic carbocycles. The summed E-state index contributed by atoms with van der Waals surface area (Å²) in [6.07, 6.45) is 3.36. The van der Waals surface area contributed by atoms with Gasteiger partial charge in [0.2, 0.25) is 5.88 Å². The molecule has 4 rings (SSSR count). The molecule has 0 bridgehead atoms. The minimum absolute atomic E-state index is 0.0486. The molecule has 96 valence electrons. The molecule has 3 aromatic rings. The molecule has 0 unspecified atom stereocenters. The summed E-state index contributed by atoms with van der Waals surface area (Å²) in [6.45, 7) is 0. The highest BCUT2D eigenvalue weighted by atomic mass is 16.5. The zero-order valence-corrected chi connectivity index (χ0v) is 10.8. The first-order valence-electron chi connectivity index (χ1n) is 6.27.